The minimum atomic E-state index is 0.408. The SMILES string of the molecule is ClCc1nc2cc(Cl)c(Cl)cc2n1C1CCCSC1. The summed E-state index contributed by atoms with van der Waals surface area (Å²) >= 11 is 20.2. The first-order valence-corrected chi connectivity index (χ1v) is 8.65. The minimum Gasteiger partial charge on any atom is -0.323 e. The van der Waals surface area contributed by atoms with Crippen molar-refractivity contribution < 1.29 is 0 Å². The standard InChI is InChI=1S/C13H13Cl3N2S/c14-6-13-17-11-4-9(15)10(16)5-12(11)18(13)8-2-1-3-19-7-8/h4-5,8H,1-3,6-7H2. The van der Waals surface area contributed by atoms with Crippen LogP contribution in [0.2, 0.25) is 10.0 Å². The summed E-state index contributed by atoms with van der Waals surface area (Å²) in [6.07, 6.45) is 2.40. The summed E-state index contributed by atoms with van der Waals surface area (Å²) in [5, 5.41) is 1.11. The molecule has 0 radical (unpaired) electrons. The molecule has 0 aliphatic carbocycles. The molecule has 19 heavy (non-hydrogen) atoms. The van der Waals surface area contributed by atoms with Gasteiger partial charge < -0.3 is 4.57 Å². The highest BCUT2D eigenvalue weighted by Crippen LogP contribution is 2.34. The van der Waals surface area contributed by atoms with Gasteiger partial charge >= 0.3 is 0 Å². The zero-order chi connectivity index (χ0) is 13.4. The molecule has 0 bridgehead atoms. The van der Waals surface area contributed by atoms with Crippen molar-refractivity contribution in [1.29, 1.82) is 0 Å². The largest absolute Gasteiger partial charge is 0.323 e. The van der Waals surface area contributed by atoms with E-state index in [9.17, 15) is 0 Å². The van der Waals surface area contributed by atoms with Crippen molar-refractivity contribution in [2.75, 3.05) is 11.5 Å². The number of nitrogens with zero attached hydrogens (tertiary/aromatic N) is 2. The molecule has 0 saturated carbocycles. The molecule has 2 heterocycles. The molecule has 1 unspecified atom stereocenters. The average molecular weight is 336 g/mol. The summed E-state index contributed by atoms with van der Waals surface area (Å²) in [6.45, 7) is 0. The van der Waals surface area contributed by atoms with Gasteiger partial charge in [0.25, 0.3) is 0 Å². The third-order valence-electron chi connectivity index (χ3n) is 3.43. The van der Waals surface area contributed by atoms with E-state index in [2.05, 4.69) is 9.55 Å². The number of imidazole rings is 1. The smallest absolute Gasteiger partial charge is 0.125 e. The van der Waals surface area contributed by atoms with Crippen molar-refractivity contribution in [1.82, 2.24) is 9.55 Å². The number of benzene rings is 1. The molecule has 102 valence electrons. The number of alkyl halides is 1. The Kier molecular flexibility index (Phi) is 4.18. The molecule has 0 spiro atoms. The summed E-state index contributed by atoms with van der Waals surface area (Å²) in [4.78, 5) is 4.59. The van der Waals surface area contributed by atoms with Crippen molar-refractivity contribution in [2.45, 2.75) is 24.8 Å². The summed E-state index contributed by atoms with van der Waals surface area (Å²) in [6, 6.07) is 4.18. The van der Waals surface area contributed by atoms with Crippen molar-refractivity contribution in [2.24, 2.45) is 0 Å². The van der Waals surface area contributed by atoms with Crippen LogP contribution >= 0.6 is 46.6 Å². The van der Waals surface area contributed by atoms with Crippen LogP contribution in [0.3, 0.4) is 0 Å². The Morgan fingerprint density at radius 3 is 2.79 bits per heavy atom. The van der Waals surface area contributed by atoms with E-state index >= 15 is 0 Å². The van der Waals surface area contributed by atoms with Gasteiger partial charge in [-0.2, -0.15) is 11.8 Å². The second-order valence-corrected chi connectivity index (χ2v) is 6.89. The van der Waals surface area contributed by atoms with Gasteiger partial charge in [-0.1, -0.05) is 23.2 Å². The molecule has 1 aromatic carbocycles. The molecule has 1 fully saturated rings. The number of fused-ring (bicyclic) bond motifs is 1. The first kappa shape index (κ1) is 13.9. The van der Waals surface area contributed by atoms with Gasteiger partial charge in [0, 0.05) is 11.8 Å². The maximum Gasteiger partial charge on any atom is 0.125 e. The van der Waals surface area contributed by atoms with Crippen molar-refractivity contribution in [3.8, 4) is 0 Å². The fraction of sp³-hybridized carbons (Fsp3) is 0.462. The van der Waals surface area contributed by atoms with E-state index in [0.717, 1.165) is 22.6 Å². The average Bonchev–Trinajstić information content (AvgIpc) is 2.78. The molecule has 1 atom stereocenters. The molecule has 6 heteroatoms. The Labute approximate surface area is 131 Å². The van der Waals surface area contributed by atoms with E-state index in [-0.39, 0.29) is 0 Å². The normalized spacial score (nSPS) is 20.1. The van der Waals surface area contributed by atoms with E-state index in [1.165, 1.54) is 18.6 Å². The van der Waals surface area contributed by atoms with Crippen LogP contribution in [-0.2, 0) is 5.88 Å². The van der Waals surface area contributed by atoms with E-state index in [1.54, 1.807) is 0 Å². The van der Waals surface area contributed by atoms with Gasteiger partial charge in [-0.25, -0.2) is 4.98 Å². The van der Waals surface area contributed by atoms with Gasteiger partial charge in [-0.15, -0.1) is 11.6 Å². The highest BCUT2D eigenvalue weighted by molar-refractivity contribution is 7.99. The van der Waals surface area contributed by atoms with Gasteiger partial charge in [0.2, 0.25) is 0 Å². The molecule has 1 aromatic heterocycles. The second-order valence-electron chi connectivity index (χ2n) is 4.66. The maximum atomic E-state index is 6.14. The third kappa shape index (κ3) is 2.58. The monoisotopic (exact) mass is 334 g/mol. The number of halogens is 3. The van der Waals surface area contributed by atoms with Crippen molar-refractivity contribution in [3.63, 3.8) is 0 Å². The molecule has 3 rings (SSSR count). The molecular formula is C13H13Cl3N2S. The predicted molar refractivity (Wildman–Crippen MR) is 84.9 cm³/mol. The lowest BCUT2D eigenvalue weighted by Gasteiger charge is -2.25. The highest BCUT2D eigenvalue weighted by Gasteiger charge is 2.22. The Hall–Kier alpha value is -0.0900. The van der Waals surface area contributed by atoms with Gasteiger partial charge in [-0.3, -0.25) is 0 Å². The van der Waals surface area contributed by atoms with Crippen LogP contribution in [0.4, 0.5) is 0 Å². The number of hydrogen-bond donors (Lipinski definition) is 0. The number of thioether (sulfide) groups is 1. The lowest BCUT2D eigenvalue weighted by molar-refractivity contribution is 0.499. The number of aromatic nitrogens is 2. The van der Waals surface area contributed by atoms with E-state index in [0.29, 0.717) is 22.0 Å². The van der Waals surface area contributed by atoms with E-state index in [4.69, 9.17) is 34.8 Å². The fourth-order valence-electron chi connectivity index (χ4n) is 2.57. The van der Waals surface area contributed by atoms with Crippen LogP contribution < -0.4 is 0 Å². The van der Waals surface area contributed by atoms with Gasteiger partial charge in [0.05, 0.1) is 27.0 Å². The van der Waals surface area contributed by atoms with Crippen LogP contribution in [0.25, 0.3) is 11.0 Å². The first-order valence-electron chi connectivity index (χ1n) is 6.20. The maximum absolute atomic E-state index is 6.14. The second kappa shape index (κ2) is 5.72. The molecular weight excluding hydrogens is 323 g/mol. The lowest BCUT2D eigenvalue weighted by Crippen LogP contribution is -2.18. The van der Waals surface area contributed by atoms with Crippen molar-refractivity contribution in [3.05, 3.63) is 28.0 Å². The Morgan fingerprint density at radius 1 is 1.32 bits per heavy atom. The predicted octanol–water partition coefficient (Wildman–Crippen LogP) is 5.15. The summed E-state index contributed by atoms with van der Waals surface area (Å²) in [7, 11) is 0. The van der Waals surface area contributed by atoms with E-state index < -0.39 is 0 Å². The summed E-state index contributed by atoms with van der Waals surface area (Å²) in [5.74, 6) is 3.66. The number of rotatable bonds is 2. The molecule has 1 aliphatic rings. The lowest BCUT2D eigenvalue weighted by atomic mass is 10.1. The van der Waals surface area contributed by atoms with Crippen LogP contribution in [0.1, 0.15) is 24.7 Å². The quantitative estimate of drug-likeness (QED) is 0.706. The first-order chi connectivity index (χ1) is 9.20. The Morgan fingerprint density at radius 2 is 2.11 bits per heavy atom. The van der Waals surface area contributed by atoms with Gasteiger partial charge in [0.1, 0.15) is 5.82 Å². The molecule has 1 saturated heterocycles. The highest BCUT2D eigenvalue weighted by atomic mass is 35.5. The zero-order valence-electron chi connectivity index (χ0n) is 10.2. The van der Waals surface area contributed by atoms with Crippen LogP contribution in [0, 0.1) is 0 Å². The minimum absolute atomic E-state index is 0.408. The number of hydrogen-bond acceptors (Lipinski definition) is 2. The van der Waals surface area contributed by atoms with Crippen molar-refractivity contribution >= 4 is 57.6 Å². The fourth-order valence-corrected chi connectivity index (χ4v) is 4.20. The van der Waals surface area contributed by atoms with E-state index in [1.807, 2.05) is 23.9 Å². The Bertz CT molecular complexity index is 605. The molecule has 0 N–H and O–H groups in total. The van der Waals surface area contributed by atoms with Gasteiger partial charge in [0.15, 0.2) is 0 Å². The van der Waals surface area contributed by atoms with Crippen LogP contribution in [-0.4, -0.2) is 21.1 Å². The third-order valence-corrected chi connectivity index (χ3v) is 5.58. The van der Waals surface area contributed by atoms with Crippen LogP contribution in [0.15, 0.2) is 12.1 Å². The van der Waals surface area contributed by atoms with Crippen LogP contribution in [0.5, 0.6) is 0 Å². The molecule has 2 aromatic rings. The Balaban J connectivity index is 2.16. The molecule has 1 aliphatic heterocycles. The molecule has 0 amide bonds. The van der Waals surface area contributed by atoms with Gasteiger partial charge in [-0.05, 0) is 30.7 Å². The summed E-state index contributed by atoms with van der Waals surface area (Å²) < 4.78 is 2.25. The zero-order valence-corrected chi connectivity index (χ0v) is 13.3. The topological polar surface area (TPSA) is 17.8 Å². The molecule has 2 nitrogen and oxygen atoms in total. The summed E-state index contributed by atoms with van der Waals surface area (Å²) in [5.41, 5.74) is 1.91.